The molecule has 1 amide bonds. The third kappa shape index (κ3) is 6.05. The van der Waals surface area contributed by atoms with Gasteiger partial charge in [0.1, 0.15) is 5.75 Å². The number of hydrogen-bond donors (Lipinski definition) is 1. The Morgan fingerprint density at radius 3 is 2.64 bits per heavy atom. The fourth-order valence-electron chi connectivity index (χ4n) is 2.98. The number of hydrogen-bond acceptors (Lipinski definition) is 8. The minimum absolute atomic E-state index is 0.00762. The molecule has 0 aliphatic carbocycles. The minimum atomic E-state index is -3.62. The zero-order valence-corrected chi connectivity index (χ0v) is 20.6. The largest absolute Gasteiger partial charge is 0.495 e. The van der Waals surface area contributed by atoms with Gasteiger partial charge in [-0.05, 0) is 36.4 Å². The summed E-state index contributed by atoms with van der Waals surface area (Å²) < 4.78 is 37.7. The number of amides is 1. The summed E-state index contributed by atoms with van der Waals surface area (Å²) >= 11 is 7.03. The van der Waals surface area contributed by atoms with Crippen LogP contribution in [-0.4, -0.2) is 54.8 Å². The number of thioether (sulfide) groups is 1. The van der Waals surface area contributed by atoms with Crippen LogP contribution < -0.4 is 10.1 Å². The summed E-state index contributed by atoms with van der Waals surface area (Å²) in [6.07, 6.45) is 0. The first-order chi connectivity index (χ1) is 15.8. The second kappa shape index (κ2) is 11.0. The van der Waals surface area contributed by atoms with Gasteiger partial charge < -0.3 is 14.5 Å². The average molecular weight is 511 g/mol. The molecule has 2 aromatic carbocycles. The van der Waals surface area contributed by atoms with Gasteiger partial charge in [-0.2, -0.15) is 4.31 Å². The zero-order chi connectivity index (χ0) is 24.0. The van der Waals surface area contributed by atoms with E-state index >= 15 is 0 Å². The Hall–Kier alpha value is -2.60. The Labute approximate surface area is 201 Å². The molecule has 0 unspecified atom stereocenters. The van der Waals surface area contributed by atoms with Crippen LogP contribution in [0.4, 0.5) is 5.69 Å². The first-order valence-electron chi connectivity index (χ1n) is 9.98. The zero-order valence-electron chi connectivity index (χ0n) is 18.2. The first-order valence-corrected chi connectivity index (χ1v) is 12.8. The summed E-state index contributed by atoms with van der Waals surface area (Å²) in [6.45, 7) is 4.30. The van der Waals surface area contributed by atoms with Gasteiger partial charge >= 0.3 is 0 Å². The summed E-state index contributed by atoms with van der Waals surface area (Å²) in [5.74, 6) is 0.337. The number of carbonyl (C=O) groups is 1. The molecule has 0 atom stereocenters. The number of halogens is 1. The Balaban J connectivity index is 1.68. The fourth-order valence-corrected chi connectivity index (χ4v) is 5.22. The van der Waals surface area contributed by atoms with Crippen molar-refractivity contribution in [3.8, 4) is 17.2 Å². The molecule has 0 spiro atoms. The van der Waals surface area contributed by atoms with Gasteiger partial charge in [0.15, 0.2) is 0 Å². The highest BCUT2D eigenvalue weighted by molar-refractivity contribution is 7.99. The molecule has 33 heavy (non-hydrogen) atoms. The highest BCUT2D eigenvalue weighted by Gasteiger charge is 2.22. The Bertz CT molecular complexity index is 1230. The number of sulfonamides is 1. The molecule has 9 nitrogen and oxygen atoms in total. The van der Waals surface area contributed by atoms with Crippen molar-refractivity contribution in [2.24, 2.45) is 0 Å². The highest BCUT2D eigenvalue weighted by Crippen LogP contribution is 2.29. The van der Waals surface area contributed by atoms with Gasteiger partial charge in [-0.15, -0.1) is 10.2 Å². The van der Waals surface area contributed by atoms with Crippen LogP contribution in [0.15, 0.2) is 57.0 Å². The summed E-state index contributed by atoms with van der Waals surface area (Å²) in [5.41, 5.74) is 0.920. The van der Waals surface area contributed by atoms with Crippen LogP contribution in [0.1, 0.15) is 13.8 Å². The van der Waals surface area contributed by atoms with Gasteiger partial charge in [0.25, 0.3) is 5.22 Å². The van der Waals surface area contributed by atoms with Crippen molar-refractivity contribution in [3.63, 3.8) is 0 Å². The van der Waals surface area contributed by atoms with Crippen molar-refractivity contribution >= 4 is 45.0 Å². The third-order valence-corrected chi connectivity index (χ3v) is 7.69. The number of carbonyl (C=O) groups excluding carboxylic acids is 1. The van der Waals surface area contributed by atoms with Gasteiger partial charge in [-0.1, -0.05) is 43.3 Å². The van der Waals surface area contributed by atoms with E-state index in [1.807, 2.05) is 0 Å². The molecule has 0 radical (unpaired) electrons. The molecule has 176 valence electrons. The van der Waals surface area contributed by atoms with E-state index in [9.17, 15) is 13.2 Å². The van der Waals surface area contributed by atoms with Crippen LogP contribution in [-0.2, 0) is 14.8 Å². The maximum Gasteiger partial charge on any atom is 0.277 e. The topological polar surface area (TPSA) is 115 Å². The normalized spacial score (nSPS) is 11.5. The molecule has 0 saturated carbocycles. The van der Waals surface area contributed by atoms with E-state index in [0.717, 1.165) is 11.8 Å². The average Bonchev–Trinajstić information content (AvgIpc) is 3.28. The smallest absolute Gasteiger partial charge is 0.277 e. The molecule has 0 bridgehead atoms. The molecule has 1 heterocycles. The van der Waals surface area contributed by atoms with E-state index in [0.29, 0.717) is 35.1 Å². The number of nitrogens with one attached hydrogen (secondary N) is 1. The molecule has 1 aromatic heterocycles. The van der Waals surface area contributed by atoms with E-state index in [-0.39, 0.29) is 27.7 Å². The van der Waals surface area contributed by atoms with Crippen LogP contribution >= 0.6 is 23.4 Å². The van der Waals surface area contributed by atoms with Gasteiger partial charge in [0.2, 0.25) is 21.8 Å². The van der Waals surface area contributed by atoms with Crippen molar-refractivity contribution in [2.75, 3.05) is 31.3 Å². The maximum absolute atomic E-state index is 12.8. The van der Waals surface area contributed by atoms with Crippen molar-refractivity contribution < 1.29 is 22.4 Å². The molecular formula is C21H23ClN4O5S2. The lowest BCUT2D eigenvalue weighted by Crippen LogP contribution is -2.30. The van der Waals surface area contributed by atoms with Gasteiger partial charge in [0.05, 0.1) is 23.4 Å². The Morgan fingerprint density at radius 1 is 1.18 bits per heavy atom. The number of nitrogens with zero attached hydrogens (tertiary/aromatic N) is 3. The molecule has 3 rings (SSSR count). The standard InChI is InChI=1S/C21H23ClN4O5S2/c1-4-26(5-2)33(28,29)16-8-6-7-14(11-16)20-24-25-21(31-20)32-13-19(27)23-17-12-15(22)9-10-18(17)30-3/h6-12H,4-5,13H2,1-3H3,(H,23,27). The molecule has 3 aromatic rings. The van der Waals surface area contributed by atoms with Gasteiger partial charge in [0, 0.05) is 23.7 Å². The second-order valence-electron chi connectivity index (χ2n) is 6.67. The van der Waals surface area contributed by atoms with Crippen LogP contribution in [0.2, 0.25) is 5.02 Å². The monoisotopic (exact) mass is 510 g/mol. The van der Waals surface area contributed by atoms with Crippen LogP contribution in [0, 0.1) is 0 Å². The van der Waals surface area contributed by atoms with E-state index in [4.69, 9.17) is 20.8 Å². The summed E-state index contributed by atoms with van der Waals surface area (Å²) in [5, 5.41) is 11.3. The Morgan fingerprint density at radius 2 is 1.94 bits per heavy atom. The molecule has 0 aliphatic rings. The lowest BCUT2D eigenvalue weighted by molar-refractivity contribution is -0.113. The summed E-state index contributed by atoms with van der Waals surface area (Å²) in [6, 6.07) is 11.2. The van der Waals surface area contributed by atoms with Crippen LogP contribution in [0.3, 0.4) is 0 Å². The maximum atomic E-state index is 12.8. The first kappa shape index (κ1) is 25.0. The number of rotatable bonds is 10. The Kier molecular flexibility index (Phi) is 8.35. The fraction of sp³-hybridized carbons (Fsp3) is 0.286. The van der Waals surface area contributed by atoms with E-state index in [2.05, 4.69) is 15.5 Å². The number of methoxy groups -OCH3 is 1. The van der Waals surface area contributed by atoms with E-state index < -0.39 is 10.0 Å². The van der Waals surface area contributed by atoms with E-state index in [1.54, 1.807) is 44.2 Å². The highest BCUT2D eigenvalue weighted by atomic mass is 35.5. The van der Waals surface area contributed by atoms with E-state index in [1.165, 1.54) is 23.5 Å². The predicted octanol–water partition coefficient (Wildman–Crippen LogP) is 4.16. The van der Waals surface area contributed by atoms with Crippen molar-refractivity contribution in [1.82, 2.24) is 14.5 Å². The quantitative estimate of drug-likeness (QED) is 0.404. The van der Waals surface area contributed by atoms with Crippen LogP contribution in [0.25, 0.3) is 11.5 Å². The van der Waals surface area contributed by atoms with Crippen LogP contribution in [0.5, 0.6) is 5.75 Å². The predicted molar refractivity (Wildman–Crippen MR) is 127 cm³/mol. The summed E-state index contributed by atoms with van der Waals surface area (Å²) in [7, 11) is -2.12. The van der Waals surface area contributed by atoms with Gasteiger partial charge in [-0.25, -0.2) is 8.42 Å². The molecular weight excluding hydrogens is 488 g/mol. The SMILES string of the molecule is CCN(CC)S(=O)(=O)c1cccc(-c2nnc(SCC(=O)Nc3cc(Cl)ccc3OC)o2)c1. The number of anilines is 1. The lowest BCUT2D eigenvalue weighted by Gasteiger charge is -2.18. The number of benzene rings is 2. The second-order valence-corrected chi connectivity index (χ2v) is 9.97. The number of ether oxygens (including phenoxy) is 1. The minimum Gasteiger partial charge on any atom is -0.495 e. The van der Waals surface area contributed by atoms with Gasteiger partial charge in [-0.3, -0.25) is 4.79 Å². The molecule has 12 heteroatoms. The molecule has 0 saturated heterocycles. The molecule has 0 fully saturated rings. The number of aromatic nitrogens is 2. The lowest BCUT2D eigenvalue weighted by atomic mass is 10.2. The molecule has 0 aliphatic heterocycles. The third-order valence-electron chi connectivity index (χ3n) is 4.59. The van der Waals surface area contributed by atoms with Crippen molar-refractivity contribution in [1.29, 1.82) is 0 Å². The molecule has 1 N–H and O–H groups in total. The summed E-state index contributed by atoms with van der Waals surface area (Å²) in [4.78, 5) is 12.5. The van der Waals surface area contributed by atoms with Crippen molar-refractivity contribution in [3.05, 3.63) is 47.5 Å². The van der Waals surface area contributed by atoms with Crippen molar-refractivity contribution in [2.45, 2.75) is 24.0 Å².